The molecular formula is C37H34BrF6N5O4. The van der Waals surface area contributed by atoms with Gasteiger partial charge in [0.25, 0.3) is 11.8 Å². The van der Waals surface area contributed by atoms with Crippen LogP contribution in [-0.2, 0) is 19.8 Å². The SMILES string of the molecule is Br.Cc1cc(Oc2ccc3cc(C(=O)N4CCN(Cc5ccc(OCC(F)(F)F)cc5)CC4)n(C)c3c2)ncc1NC(=O)c1ccc(C(F)(F)F)cc1. The molecule has 53 heavy (non-hydrogen) atoms. The van der Waals surface area contributed by atoms with Gasteiger partial charge in [0.15, 0.2) is 6.61 Å². The van der Waals surface area contributed by atoms with E-state index in [4.69, 9.17) is 9.47 Å². The zero-order valence-electron chi connectivity index (χ0n) is 28.4. The lowest BCUT2D eigenvalue weighted by molar-refractivity contribution is -0.153. The number of nitrogens with one attached hydrogen (secondary N) is 1. The molecule has 1 N–H and O–H groups in total. The van der Waals surface area contributed by atoms with Gasteiger partial charge in [-0.25, -0.2) is 4.98 Å². The van der Waals surface area contributed by atoms with Crippen molar-refractivity contribution in [2.75, 3.05) is 38.1 Å². The summed E-state index contributed by atoms with van der Waals surface area (Å²) in [5.74, 6) is 0.168. The summed E-state index contributed by atoms with van der Waals surface area (Å²) in [6.07, 6.45) is -7.50. The molecule has 5 aromatic rings. The second-order valence-electron chi connectivity index (χ2n) is 12.4. The molecule has 9 nitrogen and oxygen atoms in total. The number of aryl methyl sites for hydroxylation is 2. The third-order valence-electron chi connectivity index (χ3n) is 8.66. The standard InChI is InChI=1S/C37H33F6N5O4.BrH/c1-23-17-33(44-20-30(23)45-34(49)25-5-8-27(9-6-25)37(41,42)43)52-29-12-7-26-18-32(46(2)31(26)19-29)35(50)48-15-13-47(14-16-48)21-24-3-10-28(11-4-24)51-22-36(38,39)40;/h3-12,17-20H,13-16,21-22H2,1-2H3,(H,45,49);1H. The number of carbonyl (C=O) groups is 2. The number of benzene rings is 3. The Hall–Kier alpha value is -5.09. The summed E-state index contributed by atoms with van der Waals surface area (Å²) >= 11 is 0. The second kappa shape index (κ2) is 15.9. The molecule has 0 bridgehead atoms. The van der Waals surface area contributed by atoms with Gasteiger partial charge in [-0.05, 0) is 72.6 Å². The number of alkyl halides is 6. The molecule has 2 aromatic heterocycles. The molecule has 0 atom stereocenters. The van der Waals surface area contributed by atoms with Gasteiger partial charge >= 0.3 is 12.4 Å². The number of hydrogen-bond donors (Lipinski definition) is 1. The predicted molar refractivity (Wildman–Crippen MR) is 191 cm³/mol. The number of carbonyl (C=O) groups excluding carboxylic acids is 2. The average molecular weight is 807 g/mol. The van der Waals surface area contributed by atoms with E-state index in [9.17, 15) is 35.9 Å². The minimum atomic E-state index is -4.50. The maximum atomic E-state index is 13.6. The van der Waals surface area contributed by atoms with Crippen molar-refractivity contribution in [3.63, 3.8) is 0 Å². The Kier molecular flexibility index (Phi) is 11.7. The van der Waals surface area contributed by atoms with Gasteiger partial charge in [0, 0.05) is 62.9 Å². The fourth-order valence-electron chi connectivity index (χ4n) is 5.81. The van der Waals surface area contributed by atoms with E-state index in [2.05, 4.69) is 15.2 Å². The molecule has 1 fully saturated rings. The molecule has 3 aromatic carbocycles. The van der Waals surface area contributed by atoms with E-state index in [0.717, 1.165) is 40.7 Å². The number of amides is 2. The van der Waals surface area contributed by atoms with E-state index < -0.39 is 30.4 Å². The van der Waals surface area contributed by atoms with Crippen molar-refractivity contribution in [1.82, 2.24) is 19.4 Å². The summed E-state index contributed by atoms with van der Waals surface area (Å²) in [4.78, 5) is 34.4. The monoisotopic (exact) mass is 805 g/mol. The summed E-state index contributed by atoms with van der Waals surface area (Å²) in [7, 11) is 1.80. The number of nitrogens with zero attached hydrogens (tertiary/aromatic N) is 4. The second-order valence-corrected chi connectivity index (χ2v) is 12.4. The Morgan fingerprint density at radius 2 is 1.51 bits per heavy atom. The van der Waals surface area contributed by atoms with Crippen LogP contribution >= 0.6 is 17.0 Å². The largest absolute Gasteiger partial charge is 0.484 e. The first-order valence-corrected chi connectivity index (χ1v) is 16.2. The van der Waals surface area contributed by atoms with Crippen molar-refractivity contribution >= 4 is 45.4 Å². The number of hydrogen-bond acceptors (Lipinski definition) is 6. The van der Waals surface area contributed by atoms with Crippen LogP contribution in [-0.4, -0.2) is 70.1 Å². The molecule has 3 heterocycles. The fourth-order valence-corrected chi connectivity index (χ4v) is 5.81. The number of ether oxygens (including phenoxy) is 2. The maximum Gasteiger partial charge on any atom is 0.422 e. The Morgan fingerprint density at radius 3 is 2.13 bits per heavy atom. The lowest BCUT2D eigenvalue weighted by Crippen LogP contribution is -2.48. The Morgan fingerprint density at radius 1 is 0.849 bits per heavy atom. The molecule has 6 rings (SSSR count). The molecule has 2 amide bonds. The van der Waals surface area contributed by atoms with Crippen molar-refractivity contribution < 1.29 is 45.4 Å². The maximum absolute atomic E-state index is 13.6. The van der Waals surface area contributed by atoms with Crippen molar-refractivity contribution in [3.05, 3.63) is 113 Å². The van der Waals surface area contributed by atoms with Gasteiger partial charge in [0.1, 0.15) is 17.2 Å². The van der Waals surface area contributed by atoms with E-state index in [1.807, 2.05) is 12.1 Å². The molecule has 1 aliphatic rings. The fraction of sp³-hybridized carbons (Fsp3) is 0.270. The van der Waals surface area contributed by atoms with Crippen LogP contribution in [0.4, 0.5) is 32.0 Å². The molecule has 1 aliphatic heterocycles. The summed E-state index contributed by atoms with van der Waals surface area (Å²) in [6.45, 7) is 3.25. The van der Waals surface area contributed by atoms with Crippen LogP contribution in [0.25, 0.3) is 10.9 Å². The zero-order valence-corrected chi connectivity index (χ0v) is 30.1. The number of pyridine rings is 1. The third kappa shape index (κ3) is 9.67. The summed E-state index contributed by atoms with van der Waals surface area (Å²) in [6, 6.07) is 19.2. The van der Waals surface area contributed by atoms with Crippen LogP contribution in [0.15, 0.2) is 85.1 Å². The highest BCUT2D eigenvalue weighted by molar-refractivity contribution is 8.93. The zero-order chi connectivity index (χ0) is 37.2. The van der Waals surface area contributed by atoms with Crippen LogP contribution in [0.2, 0.25) is 0 Å². The molecule has 0 radical (unpaired) electrons. The number of rotatable bonds is 9. The average Bonchev–Trinajstić information content (AvgIpc) is 3.43. The highest BCUT2D eigenvalue weighted by atomic mass is 79.9. The Labute approximate surface area is 310 Å². The van der Waals surface area contributed by atoms with Crippen molar-refractivity contribution in [2.24, 2.45) is 7.05 Å². The highest BCUT2D eigenvalue weighted by Crippen LogP contribution is 2.31. The van der Waals surface area contributed by atoms with Crippen LogP contribution in [0.5, 0.6) is 17.4 Å². The van der Waals surface area contributed by atoms with E-state index in [-0.39, 0.29) is 40.1 Å². The number of aromatic nitrogens is 2. The molecule has 0 aliphatic carbocycles. The normalized spacial score (nSPS) is 13.8. The van der Waals surface area contributed by atoms with Crippen LogP contribution < -0.4 is 14.8 Å². The first kappa shape index (κ1) is 39.1. The van der Waals surface area contributed by atoms with Crippen LogP contribution in [0.3, 0.4) is 0 Å². The molecule has 280 valence electrons. The van der Waals surface area contributed by atoms with Gasteiger partial charge in [-0.2, -0.15) is 26.3 Å². The number of halogens is 7. The van der Waals surface area contributed by atoms with Gasteiger partial charge in [0.05, 0.1) is 23.0 Å². The molecule has 0 unspecified atom stereocenters. The summed E-state index contributed by atoms with van der Waals surface area (Å²) in [5.41, 5.74) is 2.40. The first-order chi connectivity index (χ1) is 24.6. The lowest BCUT2D eigenvalue weighted by atomic mass is 10.1. The lowest BCUT2D eigenvalue weighted by Gasteiger charge is -2.34. The Balaban J connectivity index is 0.00000541. The van der Waals surface area contributed by atoms with Crippen molar-refractivity contribution in [1.29, 1.82) is 0 Å². The molecule has 16 heteroatoms. The topological polar surface area (TPSA) is 88.9 Å². The van der Waals surface area contributed by atoms with Gasteiger partial charge in [-0.1, -0.05) is 12.1 Å². The summed E-state index contributed by atoms with van der Waals surface area (Å²) < 4.78 is 88.4. The molecule has 1 saturated heterocycles. The van der Waals surface area contributed by atoms with E-state index in [1.54, 1.807) is 53.8 Å². The highest BCUT2D eigenvalue weighted by Gasteiger charge is 2.31. The minimum absolute atomic E-state index is 0. The van der Waals surface area contributed by atoms with E-state index in [0.29, 0.717) is 55.4 Å². The Bertz CT molecular complexity index is 2080. The molecule has 0 spiro atoms. The first-order valence-electron chi connectivity index (χ1n) is 16.2. The van der Waals surface area contributed by atoms with Crippen LogP contribution in [0, 0.1) is 6.92 Å². The van der Waals surface area contributed by atoms with Gasteiger partial charge in [-0.15, -0.1) is 17.0 Å². The predicted octanol–water partition coefficient (Wildman–Crippen LogP) is 8.42. The number of fused-ring (bicyclic) bond motifs is 1. The van der Waals surface area contributed by atoms with Crippen molar-refractivity contribution in [3.8, 4) is 17.4 Å². The van der Waals surface area contributed by atoms with Gasteiger partial charge < -0.3 is 24.3 Å². The molecule has 0 saturated carbocycles. The summed E-state index contributed by atoms with van der Waals surface area (Å²) in [5, 5.41) is 3.50. The van der Waals surface area contributed by atoms with E-state index in [1.165, 1.54) is 18.3 Å². The quantitative estimate of drug-likeness (QED) is 0.151. The smallest absolute Gasteiger partial charge is 0.422 e. The van der Waals surface area contributed by atoms with Crippen LogP contribution in [0.1, 0.15) is 37.5 Å². The minimum Gasteiger partial charge on any atom is -0.484 e. The number of piperazine rings is 1. The number of anilines is 1. The van der Waals surface area contributed by atoms with Crippen molar-refractivity contribution in [2.45, 2.75) is 25.8 Å². The third-order valence-corrected chi connectivity index (χ3v) is 8.66. The van der Waals surface area contributed by atoms with E-state index >= 15 is 0 Å². The van der Waals surface area contributed by atoms with Gasteiger partial charge in [-0.3, -0.25) is 14.5 Å². The van der Waals surface area contributed by atoms with Gasteiger partial charge in [0.2, 0.25) is 5.88 Å². The molecular weight excluding hydrogens is 772 g/mol.